The van der Waals surface area contributed by atoms with Gasteiger partial charge in [-0.15, -0.1) is 0 Å². The maximum atomic E-state index is 11.0. The molecule has 4 unspecified atom stereocenters. The average molecular weight is 379 g/mol. The smallest absolute Gasteiger partial charge is 0.335 e. The van der Waals surface area contributed by atoms with Gasteiger partial charge in [0.25, 0.3) is 0 Å². The topological polar surface area (TPSA) is 68.1 Å². The lowest BCUT2D eigenvalue weighted by Gasteiger charge is -2.24. The van der Waals surface area contributed by atoms with Crippen LogP contribution in [0, 0.1) is 11.8 Å². The highest BCUT2D eigenvalue weighted by molar-refractivity contribution is 5.87. The molecular weight excluding hydrogens is 354 g/mol. The van der Waals surface area contributed by atoms with Gasteiger partial charge in [-0.1, -0.05) is 47.6 Å². The number of oxime groups is 1. The van der Waals surface area contributed by atoms with E-state index in [0.717, 1.165) is 36.8 Å². The lowest BCUT2D eigenvalue weighted by atomic mass is 9.77. The molecule has 4 atom stereocenters. The second-order valence-electron chi connectivity index (χ2n) is 7.59. The number of hydrogen-bond acceptors (Lipinski definition) is 4. The van der Waals surface area contributed by atoms with Crippen molar-refractivity contribution in [3.63, 3.8) is 0 Å². The number of hydrogen-bond donors (Lipinski definition) is 1. The van der Waals surface area contributed by atoms with E-state index in [4.69, 9.17) is 14.7 Å². The number of aryl methyl sites for hydroxylation is 1. The van der Waals surface area contributed by atoms with Gasteiger partial charge in [-0.3, -0.25) is 0 Å². The van der Waals surface area contributed by atoms with Gasteiger partial charge >= 0.3 is 5.97 Å². The molecule has 0 amide bonds. The summed E-state index contributed by atoms with van der Waals surface area (Å²) in [6.07, 6.45) is 6.59. The van der Waals surface area contributed by atoms with Crippen LogP contribution in [-0.4, -0.2) is 29.5 Å². The molecule has 0 aromatic heterocycles. The number of nitrogens with zero attached hydrogens (tertiary/aromatic N) is 1. The Morgan fingerprint density at radius 1 is 1.07 bits per heavy atom. The molecule has 2 aliphatic rings. The number of carbonyl (C=O) groups is 1. The van der Waals surface area contributed by atoms with Gasteiger partial charge in [-0.05, 0) is 54.9 Å². The van der Waals surface area contributed by atoms with E-state index in [9.17, 15) is 4.79 Å². The molecule has 2 aliphatic heterocycles. The first-order valence-electron chi connectivity index (χ1n) is 9.88. The zero-order valence-corrected chi connectivity index (χ0v) is 15.7. The first-order valence-corrected chi connectivity index (χ1v) is 9.88. The summed E-state index contributed by atoms with van der Waals surface area (Å²) < 4.78 is 6.13. The Hall–Kier alpha value is -2.66. The highest BCUT2D eigenvalue weighted by Crippen LogP contribution is 2.44. The summed E-state index contributed by atoms with van der Waals surface area (Å²) in [7, 11) is 0. The van der Waals surface area contributed by atoms with E-state index in [1.807, 2.05) is 48.7 Å². The largest absolute Gasteiger partial charge is 0.478 e. The maximum absolute atomic E-state index is 11.0. The molecule has 5 nitrogen and oxygen atoms in total. The molecule has 2 aromatic rings. The van der Waals surface area contributed by atoms with Gasteiger partial charge in [0, 0.05) is 12.1 Å². The van der Waals surface area contributed by atoms with Gasteiger partial charge < -0.3 is 14.7 Å². The predicted molar refractivity (Wildman–Crippen MR) is 106 cm³/mol. The predicted octanol–water partition coefficient (Wildman–Crippen LogP) is 4.31. The Morgan fingerprint density at radius 3 is 2.57 bits per heavy atom. The third-order valence-corrected chi connectivity index (χ3v) is 5.84. The zero-order chi connectivity index (χ0) is 19.3. The molecule has 2 saturated heterocycles. The van der Waals surface area contributed by atoms with Crippen LogP contribution in [0.15, 0.2) is 59.8 Å². The van der Waals surface area contributed by atoms with Crippen molar-refractivity contribution in [2.24, 2.45) is 17.0 Å². The van der Waals surface area contributed by atoms with Gasteiger partial charge in [0.15, 0.2) is 0 Å². The van der Waals surface area contributed by atoms with Crippen LogP contribution in [0.25, 0.3) is 0 Å². The number of rotatable bonds is 8. The van der Waals surface area contributed by atoms with E-state index in [1.165, 1.54) is 0 Å². The summed E-state index contributed by atoms with van der Waals surface area (Å²) >= 11 is 0. The number of fused-ring (bicyclic) bond motifs is 2. The zero-order valence-electron chi connectivity index (χ0n) is 15.7. The van der Waals surface area contributed by atoms with Crippen LogP contribution in [0.3, 0.4) is 0 Å². The van der Waals surface area contributed by atoms with Crippen molar-refractivity contribution in [3.05, 3.63) is 71.3 Å². The molecular formula is C23H25NO4. The van der Waals surface area contributed by atoms with Crippen LogP contribution in [0.5, 0.6) is 0 Å². The minimum atomic E-state index is -0.889. The molecule has 5 heteroatoms. The molecule has 1 N–H and O–H groups in total. The van der Waals surface area contributed by atoms with Crippen LogP contribution in [-0.2, 0) is 22.6 Å². The molecule has 2 bridgehead atoms. The molecule has 2 fully saturated rings. The standard InChI is InChI=1S/C23H25NO4/c25-23(26)18-9-6-16(7-10-18)8-11-19-20(22-13-12-21(19)28-22)14-24-27-15-17-4-2-1-3-5-17/h1-7,9-10,14,19-22H,8,11-13,15H2,(H,25,26). The van der Waals surface area contributed by atoms with Crippen LogP contribution < -0.4 is 0 Å². The normalized spacial score (nSPS) is 26.0. The van der Waals surface area contributed by atoms with Crippen molar-refractivity contribution >= 4 is 12.2 Å². The Bertz CT molecular complexity index is 818. The number of carboxylic acids is 1. The minimum absolute atomic E-state index is 0.244. The summed E-state index contributed by atoms with van der Waals surface area (Å²) in [6, 6.07) is 17.2. The van der Waals surface area contributed by atoms with Crippen molar-refractivity contribution in [2.45, 2.75) is 44.5 Å². The number of aromatic carboxylic acids is 1. The average Bonchev–Trinajstić information content (AvgIpc) is 3.32. The Balaban J connectivity index is 1.33. The second kappa shape index (κ2) is 8.57. The van der Waals surface area contributed by atoms with Crippen molar-refractivity contribution < 1.29 is 19.5 Å². The van der Waals surface area contributed by atoms with E-state index < -0.39 is 5.97 Å². The van der Waals surface area contributed by atoms with E-state index in [1.54, 1.807) is 12.1 Å². The molecule has 146 valence electrons. The molecule has 4 rings (SSSR count). The van der Waals surface area contributed by atoms with Crippen LogP contribution in [0.1, 0.15) is 40.7 Å². The summed E-state index contributed by atoms with van der Waals surface area (Å²) in [5.74, 6) is -0.172. The second-order valence-corrected chi connectivity index (χ2v) is 7.59. The number of ether oxygens (including phenoxy) is 1. The van der Waals surface area contributed by atoms with Gasteiger partial charge in [0.2, 0.25) is 0 Å². The van der Waals surface area contributed by atoms with Gasteiger partial charge in [-0.2, -0.15) is 0 Å². The van der Waals surface area contributed by atoms with Crippen molar-refractivity contribution in [1.29, 1.82) is 0 Å². The number of benzene rings is 2. The monoisotopic (exact) mass is 379 g/mol. The van der Waals surface area contributed by atoms with Crippen molar-refractivity contribution in [3.8, 4) is 0 Å². The van der Waals surface area contributed by atoms with E-state index >= 15 is 0 Å². The molecule has 0 aliphatic carbocycles. The van der Waals surface area contributed by atoms with Crippen LogP contribution >= 0.6 is 0 Å². The van der Waals surface area contributed by atoms with Gasteiger partial charge in [0.05, 0.1) is 17.8 Å². The summed E-state index contributed by atoms with van der Waals surface area (Å²) in [5, 5.41) is 13.3. The van der Waals surface area contributed by atoms with E-state index in [-0.39, 0.29) is 12.0 Å². The third-order valence-electron chi connectivity index (χ3n) is 5.84. The number of carboxylic acid groups (broad SMARTS) is 1. The summed E-state index contributed by atoms with van der Waals surface area (Å²) in [6.45, 7) is 0.472. The van der Waals surface area contributed by atoms with Crippen molar-refractivity contribution in [2.75, 3.05) is 0 Å². The first-order chi connectivity index (χ1) is 13.7. The third kappa shape index (κ3) is 4.25. The van der Waals surface area contributed by atoms with Crippen molar-refractivity contribution in [1.82, 2.24) is 0 Å². The molecule has 0 spiro atoms. The summed E-state index contributed by atoms with van der Waals surface area (Å²) in [4.78, 5) is 16.5. The SMILES string of the molecule is O=C(O)c1ccc(CCC2C3CCC(O3)C2C=NOCc2ccccc2)cc1. The fourth-order valence-electron chi connectivity index (χ4n) is 4.34. The molecule has 2 heterocycles. The maximum Gasteiger partial charge on any atom is 0.335 e. The lowest BCUT2D eigenvalue weighted by Crippen LogP contribution is -2.28. The minimum Gasteiger partial charge on any atom is -0.478 e. The van der Waals surface area contributed by atoms with E-state index in [2.05, 4.69) is 5.16 Å². The fraction of sp³-hybridized carbons (Fsp3) is 0.391. The highest BCUT2D eigenvalue weighted by atomic mass is 16.6. The highest BCUT2D eigenvalue weighted by Gasteiger charge is 2.47. The lowest BCUT2D eigenvalue weighted by molar-refractivity contribution is 0.0697. The fourth-order valence-corrected chi connectivity index (χ4v) is 4.34. The molecule has 0 radical (unpaired) electrons. The Kier molecular flexibility index (Phi) is 5.72. The Labute approximate surface area is 165 Å². The molecule has 0 saturated carbocycles. The molecule has 2 aromatic carbocycles. The quantitative estimate of drug-likeness (QED) is 0.548. The van der Waals surface area contributed by atoms with Crippen LogP contribution in [0.4, 0.5) is 0 Å². The Morgan fingerprint density at radius 2 is 1.82 bits per heavy atom. The first kappa shape index (κ1) is 18.7. The van der Waals surface area contributed by atoms with Gasteiger partial charge in [-0.25, -0.2) is 4.79 Å². The van der Waals surface area contributed by atoms with Gasteiger partial charge in [0.1, 0.15) is 6.61 Å². The summed E-state index contributed by atoms with van der Waals surface area (Å²) in [5.41, 5.74) is 2.58. The van der Waals surface area contributed by atoms with E-state index in [0.29, 0.717) is 24.2 Å². The molecule has 28 heavy (non-hydrogen) atoms. The van der Waals surface area contributed by atoms with Crippen LogP contribution in [0.2, 0.25) is 0 Å².